The normalized spacial score (nSPS) is 16.6. The van der Waals surface area contributed by atoms with Crippen LogP contribution in [0.4, 0.5) is 5.69 Å². The Kier molecular flexibility index (Phi) is 6.82. The van der Waals surface area contributed by atoms with Crippen LogP contribution in [0, 0.1) is 0 Å². The van der Waals surface area contributed by atoms with Crippen molar-refractivity contribution in [3.8, 4) is 5.75 Å². The molecule has 9 heteroatoms. The highest BCUT2D eigenvalue weighted by Gasteiger charge is 2.47. The van der Waals surface area contributed by atoms with Crippen LogP contribution >= 0.6 is 0 Å². The zero-order valence-corrected chi connectivity index (χ0v) is 19.1. The first-order chi connectivity index (χ1) is 17.3. The number of Topliss-reactive ketones (excluding diaryl/α,β-unsaturated/α-hetero) is 1. The van der Waals surface area contributed by atoms with Gasteiger partial charge in [-0.25, -0.2) is 9.59 Å². The van der Waals surface area contributed by atoms with Gasteiger partial charge in [-0.3, -0.25) is 14.5 Å². The number of aliphatic hydroxyl groups is 1. The van der Waals surface area contributed by atoms with Crippen molar-refractivity contribution in [2.45, 2.75) is 6.04 Å². The van der Waals surface area contributed by atoms with E-state index < -0.39 is 36.3 Å². The van der Waals surface area contributed by atoms with Crippen molar-refractivity contribution in [3.63, 3.8) is 0 Å². The SMILES string of the molecule is COC(=O)c1ccc([C@H]2C(=C(O)c3ccccc3)C(=O)C(=O)N2c2ccc(OCC(=O)O)cc2)cc1. The summed E-state index contributed by atoms with van der Waals surface area (Å²) in [6, 6.07) is 19.6. The second kappa shape index (κ2) is 10.1. The molecule has 0 aromatic heterocycles. The lowest BCUT2D eigenvalue weighted by Crippen LogP contribution is -2.29. The number of aliphatic carboxylic acids is 1. The molecule has 0 spiro atoms. The zero-order valence-electron chi connectivity index (χ0n) is 19.1. The molecular formula is C27H21NO8. The number of aliphatic hydroxyl groups excluding tert-OH is 1. The average molecular weight is 487 g/mol. The molecule has 1 fully saturated rings. The number of carbonyl (C=O) groups is 4. The van der Waals surface area contributed by atoms with Gasteiger partial charge in [-0.1, -0.05) is 42.5 Å². The van der Waals surface area contributed by atoms with E-state index in [0.717, 1.165) is 0 Å². The van der Waals surface area contributed by atoms with Gasteiger partial charge in [0.1, 0.15) is 11.5 Å². The number of anilines is 1. The summed E-state index contributed by atoms with van der Waals surface area (Å²) in [5.41, 5.74) is 1.34. The van der Waals surface area contributed by atoms with Crippen LogP contribution < -0.4 is 9.64 Å². The Bertz CT molecular complexity index is 1340. The van der Waals surface area contributed by atoms with Crippen LogP contribution in [0.1, 0.15) is 27.5 Å². The van der Waals surface area contributed by atoms with E-state index in [1.165, 1.54) is 48.4 Å². The van der Waals surface area contributed by atoms with Crippen LogP contribution in [0.3, 0.4) is 0 Å². The van der Waals surface area contributed by atoms with Gasteiger partial charge in [-0.2, -0.15) is 0 Å². The smallest absolute Gasteiger partial charge is 0.341 e. The summed E-state index contributed by atoms with van der Waals surface area (Å²) in [6.07, 6.45) is 0. The van der Waals surface area contributed by atoms with Crippen molar-refractivity contribution >= 4 is 35.1 Å². The van der Waals surface area contributed by atoms with Crippen molar-refractivity contribution < 1.29 is 38.9 Å². The van der Waals surface area contributed by atoms with Gasteiger partial charge < -0.3 is 19.7 Å². The summed E-state index contributed by atoms with van der Waals surface area (Å²) in [5, 5.41) is 19.9. The molecule has 0 radical (unpaired) electrons. The number of hydrogen-bond acceptors (Lipinski definition) is 7. The minimum absolute atomic E-state index is 0.108. The highest BCUT2D eigenvalue weighted by atomic mass is 16.5. The van der Waals surface area contributed by atoms with E-state index in [4.69, 9.17) is 14.6 Å². The molecule has 4 rings (SSSR count). The van der Waals surface area contributed by atoms with Crippen molar-refractivity contribution in [1.82, 2.24) is 0 Å². The fourth-order valence-corrected chi connectivity index (χ4v) is 3.93. The number of esters is 1. The Morgan fingerprint density at radius 3 is 2.08 bits per heavy atom. The van der Waals surface area contributed by atoms with Gasteiger partial charge in [0.05, 0.1) is 24.3 Å². The number of ketones is 1. The molecular weight excluding hydrogens is 466 g/mol. The van der Waals surface area contributed by atoms with E-state index in [0.29, 0.717) is 16.8 Å². The van der Waals surface area contributed by atoms with Gasteiger partial charge in [0.25, 0.3) is 11.7 Å². The molecule has 1 heterocycles. The highest BCUT2D eigenvalue weighted by Crippen LogP contribution is 2.42. The Morgan fingerprint density at radius 1 is 0.861 bits per heavy atom. The predicted molar refractivity (Wildman–Crippen MR) is 129 cm³/mol. The number of carboxylic acid groups (broad SMARTS) is 1. The third kappa shape index (κ3) is 4.67. The molecule has 3 aromatic rings. The Morgan fingerprint density at radius 2 is 1.50 bits per heavy atom. The van der Waals surface area contributed by atoms with Gasteiger partial charge in [0.2, 0.25) is 0 Å². The van der Waals surface area contributed by atoms with E-state index in [2.05, 4.69) is 0 Å². The fourth-order valence-electron chi connectivity index (χ4n) is 3.93. The van der Waals surface area contributed by atoms with Crippen LogP contribution in [0.2, 0.25) is 0 Å². The van der Waals surface area contributed by atoms with E-state index in [-0.39, 0.29) is 22.6 Å². The number of methoxy groups -OCH3 is 1. The van der Waals surface area contributed by atoms with Gasteiger partial charge in [0, 0.05) is 11.3 Å². The van der Waals surface area contributed by atoms with Crippen LogP contribution in [0.25, 0.3) is 5.76 Å². The molecule has 1 aliphatic heterocycles. The monoisotopic (exact) mass is 487 g/mol. The summed E-state index contributed by atoms with van der Waals surface area (Å²) < 4.78 is 9.88. The predicted octanol–water partition coefficient (Wildman–Crippen LogP) is 3.56. The third-order valence-electron chi connectivity index (χ3n) is 5.62. The minimum atomic E-state index is -1.14. The topological polar surface area (TPSA) is 130 Å². The standard InChI is InChI=1S/C27H21NO8/c1-35-27(34)18-9-7-16(8-10-18)23-22(24(31)17-5-3-2-4-6-17)25(32)26(33)28(23)19-11-13-20(14-12-19)36-15-21(29)30/h2-14,23,31H,15H2,1H3,(H,29,30)/t23-/m0/s1. The summed E-state index contributed by atoms with van der Waals surface area (Å²) in [6.45, 7) is -0.534. The Hall–Kier alpha value is -4.92. The Balaban J connectivity index is 1.82. The molecule has 3 aromatic carbocycles. The number of benzene rings is 3. The molecule has 182 valence electrons. The van der Waals surface area contributed by atoms with Crippen LogP contribution in [0.5, 0.6) is 5.75 Å². The number of carbonyl (C=O) groups excluding carboxylic acids is 3. The molecule has 0 saturated carbocycles. The van der Waals surface area contributed by atoms with E-state index in [1.807, 2.05) is 0 Å². The maximum atomic E-state index is 13.2. The van der Waals surface area contributed by atoms with Crippen molar-refractivity contribution in [1.29, 1.82) is 0 Å². The van der Waals surface area contributed by atoms with Crippen molar-refractivity contribution in [2.75, 3.05) is 18.6 Å². The number of hydrogen-bond donors (Lipinski definition) is 2. The third-order valence-corrected chi connectivity index (χ3v) is 5.62. The quantitative estimate of drug-likeness (QED) is 0.224. The maximum absolute atomic E-state index is 13.2. The molecule has 1 atom stereocenters. The van der Waals surface area contributed by atoms with E-state index in [9.17, 15) is 24.3 Å². The highest BCUT2D eigenvalue weighted by molar-refractivity contribution is 6.51. The number of nitrogens with zero attached hydrogens (tertiary/aromatic N) is 1. The van der Waals surface area contributed by atoms with Gasteiger partial charge in [0.15, 0.2) is 6.61 Å². The zero-order chi connectivity index (χ0) is 25.8. The maximum Gasteiger partial charge on any atom is 0.341 e. The van der Waals surface area contributed by atoms with E-state index in [1.54, 1.807) is 42.5 Å². The number of amides is 1. The second-order valence-corrected chi connectivity index (χ2v) is 7.83. The number of ether oxygens (including phenoxy) is 2. The van der Waals surface area contributed by atoms with Crippen LogP contribution in [0.15, 0.2) is 84.4 Å². The lowest BCUT2D eigenvalue weighted by molar-refractivity contribution is -0.139. The molecule has 9 nitrogen and oxygen atoms in total. The first-order valence-corrected chi connectivity index (χ1v) is 10.8. The fraction of sp³-hybridized carbons (Fsp3) is 0.111. The second-order valence-electron chi connectivity index (χ2n) is 7.83. The molecule has 1 saturated heterocycles. The van der Waals surface area contributed by atoms with Gasteiger partial charge in [-0.15, -0.1) is 0 Å². The molecule has 2 N–H and O–H groups in total. The van der Waals surface area contributed by atoms with Crippen molar-refractivity contribution in [2.24, 2.45) is 0 Å². The average Bonchev–Trinajstić information content (AvgIpc) is 3.17. The summed E-state index contributed by atoms with van der Waals surface area (Å²) in [7, 11) is 1.26. The summed E-state index contributed by atoms with van der Waals surface area (Å²) >= 11 is 0. The molecule has 1 amide bonds. The van der Waals surface area contributed by atoms with Crippen LogP contribution in [-0.2, 0) is 19.1 Å². The first kappa shape index (κ1) is 24.2. The largest absolute Gasteiger partial charge is 0.507 e. The minimum Gasteiger partial charge on any atom is -0.507 e. The van der Waals surface area contributed by atoms with Gasteiger partial charge >= 0.3 is 11.9 Å². The van der Waals surface area contributed by atoms with Crippen molar-refractivity contribution in [3.05, 3.63) is 101 Å². The van der Waals surface area contributed by atoms with Gasteiger partial charge in [-0.05, 0) is 42.0 Å². The molecule has 0 aliphatic carbocycles. The lowest BCUT2D eigenvalue weighted by atomic mass is 9.94. The first-order valence-electron chi connectivity index (χ1n) is 10.8. The summed E-state index contributed by atoms with van der Waals surface area (Å²) in [4.78, 5) is 50.3. The molecule has 0 unspecified atom stereocenters. The number of carboxylic acids is 1. The van der Waals surface area contributed by atoms with Crippen LogP contribution in [-0.4, -0.2) is 47.6 Å². The molecule has 1 aliphatic rings. The Labute approximate surface area is 205 Å². The lowest BCUT2D eigenvalue weighted by Gasteiger charge is -2.25. The van der Waals surface area contributed by atoms with E-state index >= 15 is 0 Å². The molecule has 0 bridgehead atoms. The molecule has 36 heavy (non-hydrogen) atoms. The number of rotatable bonds is 7. The summed E-state index contributed by atoms with van der Waals surface area (Å²) in [5.74, 6) is -3.47.